The maximum atomic E-state index is 12.2. The summed E-state index contributed by atoms with van der Waals surface area (Å²) in [6.45, 7) is 1.93. The number of fused-ring (bicyclic) bond motifs is 1. The van der Waals surface area contributed by atoms with Crippen molar-refractivity contribution in [1.82, 2.24) is 10.3 Å². The highest BCUT2D eigenvalue weighted by atomic mass is 16.5. The lowest BCUT2D eigenvalue weighted by Gasteiger charge is -2.17. The molecule has 1 atom stereocenters. The lowest BCUT2D eigenvalue weighted by molar-refractivity contribution is -0.147. The molecule has 1 unspecified atom stereocenters. The average molecular weight is 346 g/mol. The summed E-state index contributed by atoms with van der Waals surface area (Å²) >= 11 is 0. The third-order valence-electron chi connectivity index (χ3n) is 3.79. The smallest absolute Gasteiger partial charge is 0.328 e. The minimum Gasteiger partial charge on any atom is -0.469 e. The molecule has 2 aromatic rings. The Morgan fingerprint density at radius 3 is 2.68 bits per heavy atom. The highest BCUT2D eigenvalue weighted by Crippen LogP contribution is 2.19. The second-order valence-electron chi connectivity index (χ2n) is 5.51. The Morgan fingerprint density at radius 1 is 1.20 bits per heavy atom. The van der Waals surface area contributed by atoms with Crippen LogP contribution in [0, 0.1) is 0 Å². The van der Waals surface area contributed by atoms with Gasteiger partial charge in [-0.25, -0.2) is 4.79 Å². The first kappa shape index (κ1) is 18.5. The zero-order chi connectivity index (χ0) is 18.2. The number of hydrogen-bond acceptors (Lipinski definition) is 5. The first-order valence-electron chi connectivity index (χ1n) is 8.13. The van der Waals surface area contributed by atoms with E-state index in [0.29, 0.717) is 6.42 Å². The van der Waals surface area contributed by atoms with E-state index >= 15 is 0 Å². The van der Waals surface area contributed by atoms with E-state index in [0.717, 1.165) is 16.5 Å². The van der Waals surface area contributed by atoms with Gasteiger partial charge in [0.05, 0.1) is 20.1 Å². The number of aromatic amines is 1. The van der Waals surface area contributed by atoms with Gasteiger partial charge in [0.2, 0.25) is 5.91 Å². The van der Waals surface area contributed by atoms with Crippen LogP contribution in [0.15, 0.2) is 30.5 Å². The monoisotopic (exact) mass is 346 g/mol. The summed E-state index contributed by atoms with van der Waals surface area (Å²) in [4.78, 5) is 38.5. The molecular formula is C18H22N2O5. The Balaban J connectivity index is 2.09. The molecule has 0 radical (unpaired) electrons. The predicted molar refractivity (Wildman–Crippen MR) is 91.8 cm³/mol. The zero-order valence-corrected chi connectivity index (χ0v) is 14.3. The Bertz CT molecular complexity index is 753. The molecule has 134 valence electrons. The number of esters is 2. The fourth-order valence-electron chi connectivity index (χ4n) is 2.54. The summed E-state index contributed by atoms with van der Waals surface area (Å²) in [6, 6.07) is 6.90. The molecule has 1 aromatic carbocycles. The molecular weight excluding hydrogens is 324 g/mol. The lowest BCUT2D eigenvalue weighted by Crippen LogP contribution is -2.43. The van der Waals surface area contributed by atoms with Crippen molar-refractivity contribution in [3.63, 3.8) is 0 Å². The second kappa shape index (κ2) is 8.86. The topological polar surface area (TPSA) is 97.5 Å². The average Bonchev–Trinajstić information content (AvgIpc) is 3.02. The van der Waals surface area contributed by atoms with Crippen LogP contribution >= 0.6 is 0 Å². The quantitative estimate of drug-likeness (QED) is 0.709. The summed E-state index contributed by atoms with van der Waals surface area (Å²) in [5.74, 6) is -1.37. The number of methoxy groups -OCH3 is 1. The number of nitrogens with one attached hydrogen (secondary N) is 2. The molecule has 0 bridgehead atoms. The van der Waals surface area contributed by atoms with Crippen LogP contribution in [0.5, 0.6) is 0 Å². The number of aromatic nitrogens is 1. The number of rotatable bonds is 8. The van der Waals surface area contributed by atoms with Gasteiger partial charge in [-0.2, -0.15) is 0 Å². The van der Waals surface area contributed by atoms with Gasteiger partial charge in [0.1, 0.15) is 6.04 Å². The SMILES string of the molecule is CCOC(=O)C(Cc1c[nH]c2ccccc12)NC(=O)CCC(=O)OC. The molecule has 0 aliphatic carbocycles. The van der Waals surface area contributed by atoms with Crippen LogP contribution in [-0.4, -0.2) is 42.6 Å². The van der Waals surface area contributed by atoms with E-state index in [2.05, 4.69) is 15.0 Å². The molecule has 7 heteroatoms. The molecule has 7 nitrogen and oxygen atoms in total. The van der Waals surface area contributed by atoms with E-state index in [4.69, 9.17) is 4.74 Å². The zero-order valence-electron chi connectivity index (χ0n) is 14.3. The Kier molecular flexibility index (Phi) is 6.56. The molecule has 0 spiro atoms. The fraction of sp³-hybridized carbons (Fsp3) is 0.389. The molecule has 0 saturated heterocycles. The number of H-pyrrole nitrogens is 1. The second-order valence-corrected chi connectivity index (χ2v) is 5.51. The van der Waals surface area contributed by atoms with E-state index in [9.17, 15) is 14.4 Å². The van der Waals surface area contributed by atoms with Crippen LogP contribution in [0.25, 0.3) is 10.9 Å². The van der Waals surface area contributed by atoms with Crippen molar-refractivity contribution in [1.29, 1.82) is 0 Å². The molecule has 2 N–H and O–H groups in total. The van der Waals surface area contributed by atoms with Gasteiger partial charge in [0.25, 0.3) is 0 Å². The number of hydrogen-bond donors (Lipinski definition) is 2. The molecule has 1 amide bonds. The number of amides is 1. The lowest BCUT2D eigenvalue weighted by atomic mass is 10.0. The molecule has 0 aliphatic heterocycles. The van der Waals surface area contributed by atoms with Crippen LogP contribution in [-0.2, 0) is 30.3 Å². The minimum absolute atomic E-state index is 0.0367. The fourth-order valence-corrected chi connectivity index (χ4v) is 2.54. The van der Waals surface area contributed by atoms with Crippen molar-refractivity contribution in [3.05, 3.63) is 36.0 Å². The van der Waals surface area contributed by atoms with Gasteiger partial charge in [-0.05, 0) is 18.6 Å². The summed E-state index contributed by atoms with van der Waals surface area (Å²) in [5, 5.41) is 3.64. The van der Waals surface area contributed by atoms with Crippen LogP contribution < -0.4 is 5.32 Å². The molecule has 0 aliphatic rings. The maximum absolute atomic E-state index is 12.2. The Morgan fingerprint density at radius 2 is 1.96 bits per heavy atom. The van der Waals surface area contributed by atoms with E-state index in [-0.39, 0.29) is 19.4 Å². The molecule has 1 aromatic heterocycles. The number of carbonyl (C=O) groups excluding carboxylic acids is 3. The molecule has 1 heterocycles. The van der Waals surface area contributed by atoms with Gasteiger partial charge in [0.15, 0.2) is 0 Å². The van der Waals surface area contributed by atoms with E-state index in [1.54, 1.807) is 6.92 Å². The summed E-state index contributed by atoms with van der Waals surface area (Å²) in [7, 11) is 1.26. The van der Waals surface area contributed by atoms with Crippen LogP contribution in [0.1, 0.15) is 25.3 Å². The predicted octanol–water partition coefficient (Wildman–Crippen LogP) is 1.71. The highest BCUT2D eigenvalue weighted by molar-refractivity contribution is 5.88. The highest BCUT2D eigenvalue weighted by Gasteiger charge is 2.24. The van der Waals surface area contributed by atoms with E-state index < -0.39 is 23.9 Å². The first-order chi connectivity index (χ1) is 12.0. The van der Waals surface area contributed by atoms with E-state index in [1.807, 2.05) is 30.5 Å². The first-order valence-corrected chi connectivity index (χ1v) is 8.13. The van der Waals surface area contributed by atoms with Crippen molar-refractivity contribution in [3.8, 4) is 0 Å². The van der Waals surface area contributed by atoms with E-state index in [1.165, 1.54) is 7.11 Å². The summed E-state index contributed by atoms with van der Waals surface area (Å²) < 4.78 is 9.57. The van der Waals surface area contributed by atoms with Crippen molar-refractivity contribution < 1.29 is 23.9 Å². The minimum atomic E-state index is -0.815. The van der Waals surface area contributed by atoms with Crippen molar-refractivity contribution in [2.75, 3.05) is 13.7 Å². The Hall–Kier alpha value is -2.83. The van der Waals surface area contributed by atoms with Crippen molar-refractivity contribution in [2.45, 2.75) is 32.2 Å². The van der Waals surface area contributed by atoms with Crippen molar-refractivity contribution >= 4 is 28.7 Å². The van der Waals surface area contributed by atoms with Gasteiger partial charge >= 0.3 is 11.9 Å². The van der Waals surface area contributed by atoms with Gasteiger partial charge < -0.3 is 19.8 Å². The molecule has 25 heavy (non-hydrogen) atoms. The van der Waals surface area contributed by atoms with Gasteiger partial charge in [-0.1, -0.05) is 18.2 Å². The van der Waals surface area contributed by atoms with Crippen LogP contribution in [0.4, 0.5) is 0 Å². The standard InChI is InChI=1S/C18H22N2O5/c1-3-25-18(23)15(20-16(21)8-9-17(22)24-2)10-12-11-19-14-7-5-4-6-13(12)14/h4-7,11,15,19H,3,8-10H2,1-2H3,(H,20,21). The summed E-state index contributed by atoms with van der Waals surface area (Å²) in [6.07, 6.45) is 2.03. The van der Waals surface area contributed by atoms with Crippen LogP contribution in [0.3, 0.4) is 0 Å². The Labute approximate surface area is 145 Å². The molecule has 0 fully saturated rings. The van der Waals surface area contributed by atoms with Gasteiger partial charge in [0, 0.05) is 29.9 Å². The molecule has 0 saturated carbocycles. The largest absolute Gasteiger partial charge is 0.469 e. The summed E-state index contributed by atoms with van der Waals surface area (Å²) in [5.41, 5.74) is 1.86. The number of benzene rings is 1. The molecule has 2 rings (SSSR count). The number of para-hydroxylation sites is 1. The van der Waals surface area contributed by atoms with Gasteiger partial charge in [-0.3, -0.25) is 9.59 Å². The number of ether oxygens (including phenoxy) is 2. The van der Waals surface area contributed by atoms with Crippen LogP contribution in [0.2, 0.25) is 0 Å². The van der Waals surface area contributed by atoms with Gasteiger partial charge in [-0.15, -0.1) is 0 Å². The third-order valence-corrected chi connectivity index (χ3v) is 3.79. The third kappa shape index (κ3) is 5.07. The normalized spacial score (nSPS) is 11.8. The number of carbonyl (C=O) groups is 3. The maximum Gasteiger partial charge on any atom is 0.328 e. The van der Waals surface area contributed by atoms with Crippen molar-refractivity contribution in [2.24, 2.45) is 0 Å².